The first kappa shape index (κ1) is 30.1. The van der Waals surface area contributed by atoms with Crippen molar-refractivity contribution >= 4 is 48.0 Å². The Hall–Kier alpha value is -1.91. The highest BCUT2D eigenvalue weighted by Crippen LogP contribution is 2.51. The van der Waals surface area contributed by atoms with Gasteiger partial charge < -0.3 is 20.1 Å². The number of hydrogen-bond donors (Lipinski definition) is 2. The molecule has 4 fully saturated rings. The Morgan fingerprint density at radius 3 is 2.69 bits per heavy atom. The van der Waals surface area contributed by atoms with Crippen LogP contribution in [-0.2, 0) is 18.3 Å². The molecule has 42 heavy (non-hydrogen) atoms. The normalized spacial score (nSPS) is 32.8. The third-order valence-corrected chi connectivity index (χ3v) is 10.9. The lowest BCUT2D eigenvalue weighted by Crippen LogP contribution is -2.52. The van der Waals surface area contributed by atoms with Crippen LogP contribution in [-0.4, -0.2) is 82.3 Å². The number of aromatic nitrogens is 2. The smallest absolute Gasteiger partial charge is 0.318 e. The first-order valence-corrected chi connectivity index (χ1v) is 15.2. The van der Waals surface area contributed by atoms with E-state index in [4.69, 9.17) is 26.3 Å². The number of nitrogens with zero attached hydrogens (tertiary/aromatic N) is 4. The molecule has 228 valence electrons. The quantitative estimate of drug-likeness (QED) is 0.502. The van der Waals surface area contributed by atoms with Crippen LogP contribution in [0.1, 0.15) is 72.1 Å². The molecule has 0 radical (unpaired) electrons. The van der Waals surface area contributed by atoms with Crippen molar-refractivity contribution in [3.63, 3.8) is 0 Å². The molecule has 0 unspecified atom stereocenters. The van der Waals surface area contributed by atoms with Crippen molar-refractivity contribution in [3.05, 3.63) is 39.5 Å². The van der Waals surface area contributed by atoms with E-state index >= 15 is 0 Å². The third-order valence-electron chi connectivity index (χ3n) is 10.6. The van der Waals surface area contributed by atoms with Crippen molar-refractivity contribution < 1.29 is 19.0 Å². The van der Waals surface area contributed by atoms with Gasteiger partial charge in [-0.2, -0.15) is 9.97 Å². The average molecular weight is 641 g/mol. The third kappa shape index (κ3) is 4.74. The minimum Gasteiger partial charge on any atom is -0.508 e. The molecule has 6 aliphatic rings. The zero-order valence-corrected chi connectivity index (χ0v) is 25.8. The van der Waals surface area contributed by atoms with Crippen LogP contribution in [0.4, 0.5) is 10.2 Å². The zero-order valence-electron chi connectivity index (χ0n) is 23.4. The van der Waals surface area contributed by atoms with E-state index in [-0.39, 0.29) is 41.9 Å². The second-order valence-corrected chi connectivity index (χ2v) is 13.5. The van der Waals surface area contributed by atoms with Crippen molar-refractivity contribution in [2.75, 3.05) is 37.7 Å². The Morgan fingerprint density at radius 1 is 1.12 bits per heavy atom. The minimum absolute atomic E-state index is 0. The zero-order chi connectivity index (χ0) is 27.2. The van der Waals surface area contributed by atoms with Crippen molar-refractivity contribution in [2.24, 2.45) is 0 Å². The Kier molecular flexibility index (Phi) is 7.83. The van der Waals surface area contributed by atoms with E-state index in [0.717, 1.165) is 68.0 Å². The van der Waals surface area contributed by atoms with Crippen molar-refractivity contribution in [1.82, 2.24) is 20.2 Å². The summed E-state index contributed by atoms with van der Waals surface area (Å²) in [6, 6.07) is 4.43. The van der Waals surface area contributed by atoms with Crippen LogP contribution in [0.5, 0.6) is 11.8 Å². The van der Waals surface area contributed by atoms with E-state index in [1.807, 2.05) is 0 Å². The standard InChI is InChI=1S/C30H35ClFN5O3.2ClH/c31-23-9-20(38)8-22-26(23)25(39)12-29(22)6-4-21-24(11-29)34-28(35-27(21)36-14-18-2-3-19(15-36)33-18)40-16-30-5-1-7-37(30)13-17(32)10-30;;/h8-9,17-19,33,38H,1-7,10-16H2;2*1H/t17-,18-,19+,29-,30+;;/m1../s1. The molecule has 8 rings (SSSR count). The number of rotatable bonds is 4. The molecule has 5 heterocycles. The number of benzene rings is 1. The maximum absolute atomic E-state index is 14.4. The highest BCUT2D eigenvalue weighted by atomic mass is 35.5. The van der Waals surface area contributed by atoms with Gasteiger partial charge >= 0.3 is 6.01 Å². The number of carbonyl (C=O) groups is 1. The summed E-state index contributed by atoms with van der Waals surface area (Å²) in [7, 11) is 0. The predicted molar refractivity (Wildman–Crippen MR) is 163 cm³/mol. The molecule has 12 heteroatoms. The number of ketones is 1. The van der Waals surface area contributed by atoms with E-state index < -0.39 is 11.6 Å². The Bertz CT molecular complexity index is 1400. The second-order valence-electron chi connectivity index (χ2n) is 13.1. The van der Waals surface area contributed by atoms with Gasteiger partial charge in [0, 0.05) is 67.5 Å². The molecule has 0 saturated carbocycles. The van der Waals surface area contributed by atoms with Crippen LogP contribution in [0.15, 0.2) is 12.1 Å². The summed E-state index contributed by atoms with van der Waals surface area (Å²) in [5.41, 5.74) is 2.68. The molecule has 8 nitrogen and oxygen atoms in total. The molecule has 2 bridgehead atoms. The molecule has 2 aliphatic carbocycles. The fraction of sp³-hybridized carbons (Fsp3) is 0.633. The Morgan fingerprint density at radius 2 is 1.90 bits per heavy atom. The van der Waals surface area contributed by atoms with Gasteiger partial charge in [0.25, 0.3) is 0 Å². The first-order chi connectivity index (χ1) is 19.3. The summed E-state index contributed by atoms with van der Waals surface area (Å²) in [5, 5.41) is 14.4. The number of nitrogens with one attached hydrogen (secondary N) is 1. The van der Waals surface area contributed by atoms with Crippen LogP contribution in [0.2, 0.25) is 5.02 Å². The highest BCUT2D eigenvalue weighted by molar-refractivity contribution is 6.34. The lowest BCUT2D eigenvalue weighted by molar-refractivity contribution is 0.0968. The van der Waals surface area contributed by atoms with Gasteiger partial charge in [0.15, 0.2) is 5.78 Å². The summed E-state index contributed by atoms with van der Waals surface area (Å²) in [4.78, 5) is 27.8. The maximum atomic E-state index is 14.4. The van der Waals surface area contributed by atoms with Gasteiger partial charge in [-0.1, -0.05) is 11.6 Å². The number of Topliss-reactive ketones (excluding diaryl/α,β-unsaturated/α-hetero) is 1. The molecule has 5 atom stereocenters. The SMILES string of the molecule is Cl.Cl.O=C1C[C@]2(CCc3c(nc(OC[C@@]45CCCN4C[C@H](F)C5)nc3N3C[C@H]4CC[C@@H](C3)N4)C2)c2cc(O)cc(Cl)c21. The summed E-state index contributed by atoms with van der Waals surface area (Å²) in [5.74, 6) is 1.05. The average Bonchev–Trinajstić information content (AvgIpc) is 3.62. The number of halogens is 4. The highest BCUT2D eigenvalue weighted by Gasteiger charge is 2.50. The maximum Gasteiger partial charge on any atom is 0.318 e. The van der Waals surface area contributed by atoms with Gasteiger partial charge in [-0.15, -0.1) is 24.8 Å². The molecular weight excluding hydrogens is 604 g/mol. The van der Waals surface area contributed by atoms with Crippen LogP contribution < -0.4 is 15.0 Å². The molecule has 1 spiro atoms. The van der Waals surface area contributed by atoms with Gasteiger partial charge in [0.2, 0.25) is 0 Å². The Labute approximate surface area is 262 Å². The van der Waals surface area contributed by atoms with Crippen molar-refractivity contribution in [1.29, 1.82) is 0 Å². The van der Waals surface area contributed by atoms with Gasteiger partial charge in [-0.05, 0) is 62.8 Å². The number of phenolic OH excluding ortho intramolecular Hbond substituents is 1. The number of phenols is 1. The summed E-state index contributed by atoms with van der Waals surface area (Å²) in [6.07, 6.45) is 6.44. The van der Waals surface area contributed by atoms with E-state index in [0.29, 0.717) is 61.1 Å². The molecule has 1 aromatic carbocycles. The number of ether oxygens (including phenoxy) is 1. The number of carbonyl (C=O) groups excluding carboxylic acids is 1. The Balaban J connectivity index is 0.00000158. The monoisotopic (exact) mass is 639 g/mol. The number of alkyl halides is 1. The van der Waals surface area contributed by atoms with Crippen molar-refractivity contribution in [2.45, 2.75) is 87.0 Å². The molecule has 2 N–H and O–H groups in total. The molecule has 0 amide bonds. The first-order valence-electron chi connectivity index (χ1n) is 14.8. The van der Waals surface area contributed by atoms with Crippen LogP contribution in [0.3, 0.4) is 0 Å². The summed E-state index contributed by atoms with van der Waals surface area (Å²) < 4.78 is 20.8. The molecule has 4 saturated heterocycles. The van der Waals surface area contributed by atoms with Gasteiger partial charge in [0.05, 0.1) is 16.3 Å². The topological polar surface area (TPSA) is 90.8 Å². The van der Waals surface area contributed by atoms with Crippen LogP contribution >= 0.6 is 36.4 Å². The molecule has 4 aliphatic heterocycles. The largest absolute Gasteiger partial charge is 0.508 e. The second kappa shape index (κ2) is 10.9. The fourth-order valence-electron chi connectivity index (χ4n) is 8.78. The number of fused-ring (bicyclic) bond motifs is 6. The number of piperazine rings is 1. The van der Waals surface area contributed by atoms with Gasteiger partial charge in [-0.3, -0.25) is 9.69 Å². The molecule has 1 aromatic heterocycles. The lowest BCUT2D eigenvalue weighted by Gasteiger charge is -2.39. The molecule has 2 aromatic rings. The molecular formula is C30H37Cl3FN5O3. The number of aromatic hydroxyl groups is 1. The number of hydrogen-bond acceptors (Lipinski definition) is 8. The summed E-state index contributed by atoms with van der Waals surface area (Å²) in [6.45, 7) is 3.57. The van der Waals surface area contributed by atoms with Gasteiger partial charge in [0.1, 0.15) is 24.3 Å². The minimum atomic E-state index is -0.816. The van der Waals surface area contributed by atoms with Crippen molar-refractivity contribution in [3.8, 4) is 11.8 Å². The predicted octanol–water partition coefficient (Wildman–Crippen LogP) is 4.59. The van der Waals surface area contributed by atoms with E-state index in [1.54, 1.807) is 6.07 Å². The van der Waals surface area contributed by atoms with Crippen LogP contribution in [0.25, 0.3) is 0 Å². The summed E-state index contributed by atoms with van der Waals surface area (Å²) >= 11 is 6.45. The van der Waals surface area contributed by atoms with E-state index in [9.17, 15) is 14.3 Å². The van der Waals surface area contributed by atoms with E-state index in [1.165, 1.54) is 18.9 Å². The lowest BCUT2D eigenvalue weighted by atomic mass is 9.69. The van der Waals surface area contributed by atoms with E-state index in [2.05, 4.69) is 15.1 Å². The fourth-order valence-corrected chi connectivity index (χ4v) is 9.10. The number of anilines is 1. The van der Waals surface area contributed by atoms with Crippen LogP contribution in [0, 0.1) is 0 Å². The van der Waals surface area contributed by atoms with Gasteiger partial charge in [-0.25, -0.2) is 4.39 Å².